The number of rotatable bonds is 6. The van der Waals surface area contributed by atoms with Crippen molar-refractivity contribution >= 4 is 55.6 Å². The summed E-state index contributed by atoms with van der Waals surface area (Å²) in [6.07, 6.45) is 3.13. The average molecular weight is 551 g/mol. The molecule has 1 heterocycles. The quantitative estimate of drug-likeness (QED) is 0.334. The van der Waals surface area contributed by atoms with Crippen LogP contribution in [0.3, 0.4) is 0 Å². The van der Waals surface area contributed by atoms with E-state index >= 15 is 0 Å². The van der Waals surface area contributed by atoms with Crippen LogP contribution in [0, 0.1) is 14.9 Å². The summed E-state index contributed by atoms with van der Waals surface area (Å²) >= 11 is 5.54. The number of aryl methyl sites for hydroxylation is 1. The molecule has 0 bridgehead atoms. The summed E-state index contributed by atoms with van der Waals surface area (Å²) in [6, 6.07) is 12.9. The van der Waals surface area contributed by atoms with Gasteiger partial charge in [-0.1, -0.05) is 22.9 Å². The van der Waals surface area contributed by atoms with E-state index in [2.05, 4.69) is 48.6 Å². The number of hydrogen-bond donors (Lipinski definition) is 0. The second-order valence-electron chi connectivity index (χ2n) is 5.94. The van der Waals surface area contributed by atoms with Gasteiger partial charge in [-0.2, -0.15) is 15.0 Å². The van der Waals surface area contributed by atoms with Gasteiger partial charge in [-0.05, 0) is 71.0 Å². The fourth-order valence-corrected chi connectivity index (χ4v) is 3.70. The van der Waals surface area contributed by atoms with Gasteiger partial charge >= 0.3 is 0 Å². The lowest BCUT2D eigenvalue weighted by Gasteiger charge is -2.09. The van der Waals surface area contributed by atoms with E-state index in [1.807, 2.05) is 37.3 Å². The number of hydrogen-bond acceptors (Lipinski definition) is 5. The second kappa shape index (κ2) is 9.30. The molecule has 0 aliphatic carbocycles. The molecule has 28 heavy (non-hydrogen) atoms. The molecule has 0 unspecified atom stereocenters. The molecule has 0 saturated carbocycles. The average Bonchev–Trinajstić information content (AvgIpc) is 2.68. The summed E-state index contributed by atoms with van der Waals surface area (Å²) in [4.78, 5) is 17.6. The van der Waals surface area contributed by atoms with Gasteiger partial charge in [-0.15, -0.1) is 0 Å². The predicted octanol–water partition coefficient (Wildman–Crippen LogP) is 4.50. The van der Waals surface area contributed by atoms with Crippen molar-refractivity contribution < 1.29 is 4.74 Å². The number of fused-ring (bicyclic) bond motifs is 1. The standard InChI is InChI=1S/C20H16BrIN4O2/c1-2-3-19-25-17-6-5-14(21)11-15(17)20(27)26(19)24-12-13-4-7-18(16(22)10-13)28-9-8-23/h4-7,10-12H,2-3,9H2,1H3. The highest BCUT2D eigenvalue weighted by Crippen LogP contribution is 2.21. The first-order valence-corrected chi connectivity index (χ1v) is 10.5. The van der Waals surface area contributed by atoms with Gasteiger partial charge in [0.05, 0.1) is 20.7 Å². The van der Waals surface area contributed by atoms with E-state index in [9.17, 15) is 4.79 Å². The van der Waals surface area contributed by atoms with Crippen molar-refractivity contribution in [3.8, 4) is 11.8 Å². The maximum atomic E-state index is 13.0. The van der Waals surface area contributed by atoms with Crippen molar-refractivity contribution in [2.45, 2.75) is 19.8 Å². The van der Waals surface area contributed by atoms with E-state index in [4.69, 9.17) is 10.00 Å². The molecule has 1 aromatic heterocycles. The van der Waals surface area contributed by atoms with Crippen LogP contribution >= 0.6 is 38.5 Å². The largest absolute Gasteiger partial charge is 0.478 e. The highest BCUT2D eigenvalue weighted by molar-refractivity contribution is 14.1. The molecule has 0 radical (unpaired) electrons. The van der Waals surface area contributed by atoms with Crippen LogP contribution in [-0.2, 0) is 6.42 Å². The van der Waals surface area contributed by atoms with Crippen molar-refractivity contribution in [2.75, 3.05) is 6.61 Å². The van der Waals surface area contributed by atoms with E-state index in [0.29, 0.717) is 28.9 Å². The molecular weight excluding hydrogens is 535 g/mol. The lowest BCUT2D eigenvalue weighted by atomic mass is 10.2. The molecule has 0 N–H and O–H groups in total. The van der Waals surface area contributed by atoms with Crippen LogP contribution in [0.2, 0.25) is 0 Å². The number of nitriles is 1. The summed E-state index contributed by atoms with van der Waals surface area (Å²) in [5.74, 6) is 1.27. The molecule has 3 rings (SSSR count). The molecule has 0 fully saturated rings. The third-order valence-electron chi connectivity index (χ3n) is 3.92. The molecule has 142 valence electrons. The van der Waals surface area contributed by atoms with Crippen molar-refractivity contribution in [3.05, 3.63) is 66.2 Å². The highest BCUT2D eigenvalue weighted by atomic mass is 127. The second-order valence-corrected chi connectivity index (χ2v) is 8.02. The van der Waals surface area contributed by atoms with Crippen LogP contribution in [-0.4, -0.2) is 22.5 Å². The molecule has 2 aromatic carbocycles. The minimum Gasteiger partial charge on any atom is -0.478 e. The van der Waals surface area contributed by atoms with Crippen LogP contribution in [0.5, 0.6) is 5.75 Å². The summed E-state index contributed by atoms with van der Waals surface area (Å²) in [7, 11) is 0. The lowest BCUT2D eigenvalue weighted by Crippen LogP contribution is -2.22. The van der Waals surface area contributed by atoms with Gasteiger partial charge in [0.1, 0.15) is 17.6 Å². The summed E-state index contributed by atoms with van der Waals surface area (Å²) in [6.45, 7) is 2.03. The maximum absolute atomic E-state index is 13.0. The number of benzene rings is 2. The predicted molar refractivity (Wildman–Crippen MR) is 121 cm³/mol. The normalized spacial score (nSPS) is 11.1. The van der Waals surface area contributed by atoms with Crippen LogP contribution in [0.25, 0.3) is 10.9 Å². The first kappa shape index (κ1) is 20.5. The molecule has 8 heteroatoms. The van der Waals surface area contributed by atoms with Crippen molar-refractivity contribution in [1.82, 2.24) is 9.66 Å². The Morgan fingerprint density at radius 2 is 2.18 bits per heavy atom. The molecular formula is C20H16BrIN4O2. The van der Waals surface area contributed by atoms with Gasteiger partial charge < -0.3 is 4.74 Å². The minimum atomic E-state index is -0.199. The third kappa shape index (κ3) is 4.59. The van der Waals surface area contributed by atoms with Crippen molar-refractivity contribution in [2.24, 2.45) is 5.10 Å². The minimum absolute atomic E-state index is 0.00245. The number of nitrogens with zero attached hydrogens (tertiary/aromatic N) is 4. The Morgan fingerprint density at radius 1 is 1.36 bits per heavy atom. The monoisotopic (exact) mass is 550 g/mol. The molecule has 6 nitrogen and oxygen atoms in total. The van der Waals surface area contributed by atoms with E-state index in [-0.39, 0.29) is 12.2 Å². The zero-order valence-electron chi connectivity index (χ0n) is 15.0. The first-order chi connectivity index (χ1) is 13.5. The zero-order chi connectivity index (χ0) is 20.1. The maximum Gasteiger partial charge on any atom is 0.282 e. The van der Waals surface area contributed by atoms with Gasteiger partial charge in [0.2, 0.25) is 0 Å². The van der Waals surface area contributed by atoms with Crippen LogP contribution in [0.1, 0.15) is 24.7 Å². The van der Waals surface area contributed by atoms with E-state index in [1.54, 1.807) is 18.3 Å². The molecule has 0 atom stereocenters. The van der Waals surface area contributed by atoms with E-state index < -0.39 is 0 Å². The van der Waals surface area contributed by atoms with Crippen molar-refractivity contribution in [1.29, 1.82) is 5.26 Å². The Bertz CT molecular complexity index is 1150. The molecule has 0 aliphatic heterocycles. The number of ether oxygens (including phenoxy) is 1. The Hall–Kier alpha value is -2.25. The number of aromatic nitrogens is 2. The fraction of sp³-hybridized carbons (Fsp3) is 0.200. The van der Waals surface area contributed by atoms with Gasteiger partial charge in [-0.25, -0.2) is 4.98 Å². The van der Waals surface area contributed by atoms with Crippen LogP contribution in [0.15, 0.2) is 50.8 Å². The molecule has 0 spiro atoms. The first-order valence-electron chi connectivity index (χ1n) is 8.58. The van der Waals surface area contributed by atoms with Gasteiger partial charge in [-0.3, -0.25) is 4.79 Å². The zero-order valence-corrected chi connectivity index (χ0v) is 18.8. The van der Waals surface area contributed by atoms with Gasteiger partial charge in [0.15, 0.2) is 6.61 Å². The highest BCUT2D eigenvalue weighted by Gasteiger charge is 2.10. The van der Waals surface area contributed by atoms with Gasteiger partial charge in [0, 0.05) is 10.9 Å². The third-order valence-corrected chi connectivity index (χ3v) is 5.26. The smallest absolute Gasteiger partial charge is 0.282 e. The van der Waals surface area contributed by atoms with Crippen LogP contribution < -0.4 is 10.3 Å². The van der Waals surface area contributed by atoms with Crippen molar-refractivity contribution in [3.63, 3.8) is 0 Å². The Labute approximate surface area is 184 Å². The summed E-state index contributed by atoms with van der Waals surface area (Å²) in [5.41, 5.74) is 1.28. The van der Waals surface area contributed by atoms with E-state index in [0.717, 1.165) is 20.0 Å². The summed E-state index contributed by atoms with van der Waals surface area (Å²) < 4.78 is 8.40. The Kier molecular flexibility index (Phi) is 6.80. The topological polar surface area (TPSA) is 80.3 Å². The number of halogens is 2. The summed E-state index contributed by atoms with van der Waals surface area (Å²) in [5, 5.41) is 13.6. The molecule has 0 aliphatic rings. The molecule has 0 amide bonds. The molecule has 0 saturated heterocycles. The fourth-order valence-electron chi connectivity index (χ4n) is 2.65. The molecule has 3 aromatic rings. The Morgan fingerprint density at radius 3 is 2.89 bits per heavy atom. The van der Waals surface area contributed by atoms with Crippen LogP contribution in [0.4, 0.5) is 0 Å². The Balaban J connectivity index is 2.02. The lowest BCUT2D eigenvalue weighted by molar-refractivity contribution is 0.365. The SMILES string of the molecule is CCCc1nc2ccc(Br)cc2c(=O)n1N=Cc1ccc(OCC#N)c(I)c1. The van der Waals surface area contributed by atoms with Gasteiger partial charge in [0.25, 0.3) is 5.56 Å². The van der Waals surface area contributed by atoms with E-state index in [1.165, 1.54) is 4.68 Å².